The fourth-order valence-corrected chi connectivity index (χ4v) is 2.72. The third kappa shape index (κ3) is 2.75. The molecule has 3 rings (SSSR count). The van der Waals surface area contributed by atoms with Gasteiger partial charge in [0, 0.05) is 31.5 Å². The predicted octanol–water partition coefficient (Wildman–Crippen LogP) is 2.88. The zero-order valence-corrected chi connectivity index (χ0v) is 12.3. The Hall–Kier alpha value is -2.36. The predicted molar refractivity (Wildman–Crippen MR) is 83.4 cm³/mol. The van der Waals surface area contributed by atoms with Crippen LogP contribution < -0.4 is 5.32 Å². The summed E-state index contributed by atoms with van der Waals surface area (Å²) < 4.78 is 0. The summed E-state index contributed by atoms with van der Waals surface area (Å²) in [4.78, 5) is 17.9. The molecule has 1 aromatic carbocycles. The van der Waals surface area contributed by atoms with Crippen LogP contribution in [0.4, 0.5) is 5.69 Å². The van der Waals surface area contributed by atoms with Gasteiger partial charge in [-0.3, -0.25) is 9.78 Å². The molecule has 1 aromatic heterocycles. The minimum absolute atomic E-state index is 0.0226. The van der Waals surface area contributed by atoms with E-state index < -0.39 is 0 Å². The van der Waals surface area contributed by atoms with Crippen LogP contribution >= 0.6 is 0 Å². The highest BCUT2D eigenvalue weighted by Crippen LogP contribution is 2.31. The highest BCUT2D eigenvalue weighted by molar-refractivity contribution is 5.94. The summed E-state index contributed by atoms with van der Waals surface area (Å²) in [5, 5.41) is 3.51. The van der Waals surface area contributed by atoms with Crippen molar-refractivity contribution in [2.24, 2.45) is 0 Å². The third-order valence-electron chi connectivity index (χ3n) is 3.84. The van der Waals surface area contributed by atoms with Gasteiger partial charge in [0.25, 0.3) is 5.91 Å². The van der Waals surface area contributed by atoms with E-state index in [0.29, 0.717) is 5.56 Å². The number of benzene rings is 1. The van der Waals surface area contributed by atoms with Crippen LogP contribution in [0.25, 0.3) is 0 Å². The maximum atomic E-state index is 11.9. The maximum absolute atomic E-state index is 11.9. The molecule has 4 nitrogen and oxygen atoms in total. The quantitative estimate of drug-likeness (QED) is 0.941. The Labute approximate surface area is 124 Å². The lowest BCUT2D eigenvalue weighted by Crippen LogP contribution is -2.21. The molecule has 0 spiro atoms. The van der Waals surface area contributed by atoms with Crippen molar-refractivity contribution in [3.8, 4) is 0 Å². The number of aryl methyl sites for hydroxylation is 1. The van der Waals surface area contributed by atoms with Crippen molar-refractivity contribution in [2.75, 3.05) is 19.4 Å². The topological polar surface area (TPSA) is 45.2 Å². The van der Waals surface area contributed by atoms with Crippen molar-refractivity contribution in [1.29, 1.82) is 0 Å². The minimum Gasteiger partial charge on any atom is -0.377 e. The molecule has 1 aliphatic carbocycles. The molecule has 1 aliphatic rings. The van der Waals surface area contributed by atoms with E-state index in [9.17, 15) is 4.79 Å². The number of hydrogen-bond acceptors (Lipinski definition) is 3. The van der Waals surface area contributed by atoms with Crippen molar-refractivity contribution < 1.29 is 4.79 Å². The second kappa shape index (κ2) is 5.56. The Morgan fingerprint density at radius 3 is 2.71 bits per heavy atom. The molecule has 0 radical (unpaired) electrons. The summed E-state index contributed by atoms with van der Waals surface area (Å²) in [6.07, 6.45) is 3.97. The molecule has 4 heteroatoms. The van der Waals surface area contributed by atoms with E-state index in [1.165, 1.54) is 5.56 Å². The molecule has 0 bridgehead atoms. The Kier molecular flexibility index (Phi) is 3.60. The molecule has 108 valence electrons. The van der Waals surface area contributed by atoms with E-state index in [4.69, 9.17) is 0 Å². The van der Waals surface area contributed by atoms with Crippen molar-refractivity contribution in [1.82, 2.24) is 9.88 Å². The smallest absolute Gasteiger partial charge is 0.253 e. The van der Waals surface area contributed by atoms with Gasteiger partial charge in [-0.1, -0.05) is 6.07 Å². The minimum atomic E-state index is 0.0226. The normalized spacial score (nSPS) is 16.4. The second-order valence-corrected chi connectivity index (χ2v) is 5.56. The van der Waals surface area contributed by atoms with E-state index >= 15 is 0 Å². The van der Waals surface area contributed by atoms with Gasteiger partial charge >= 0.3 is 0 Å². The summed E-state index contributed by atoms with van der Waals surface area (Å²) in [5.41, 5.74) is 4.20. The second-order valence-electron chi connectivity index (χ2n) is 5.56. The molecule has 1 unspecified atom stereocenters. The van der Waals surface area contributed by atoms with Gasteiger partial charge in [-0.05, 0) is 48.7 Å². The number of aromatic nitrogens is 1. The summed E-state index contributed by atoms with van der Waals surface area (Å²) in [6, 6.07) is 12.0. The summed E-state index contributed by atoms with van der Waals surface area (Å²) in [6.45, 7) is 0. The number of carbonyl (C=O) groups is 1. The number of pyridine rings is 1. The molecular formula is C17H19N3O. The van der Waals surface area contributed by atoms with Crippen molar-refractivity contribution in [3.63, 3.8) is 0 Å². The van der Waals surface area contributed by atoms with Gasteiger partial charge < -0.3 is 10.2 Å². The molecule has 0 fully saturated rings. The van der Waals surface area contributed by atoms with Gasteiger partial charge in [0.2, 0.25) is 0 Å². The van der Waals surface area contributed by atoms with Crippen molar-refractivity contribution >= 4 is 11.6 Å². The van der Waals surface area contributed by atoms with Crippen molar-refractivity contribution in [3.05, 3.63) is 59.4 Å². The summed E-state index contributed by atoms with van der Waals surface area (Å²) >= 11 is 0. The number of rotatable bonds is 3. The fourth-order valence-electron chi connectivity index (χ4n) is 2.72. The van der Waals surface area contributed by atoms with Crippen LogP contribution in [0.2, 0.25) is 0 Å². The summed E-state index contributed by atoms with van der Waals surface area (Å²) in [7, 11) is 3.52. The zero-order valence-electron chi connectivity index (χ0n) is 12.3. The highest BCUT2D eigenvalue weighted by Gasteiger charge is 2.23. The van der Waals surface area contributed by atoms with E-state index in [1.807, 2.05) is 36.5 Å². The number of carbonyl (C=O) groups excluding carboxylic acids is 1. The number of nitrogens with one attached hydrogen (secondary N) is 1. The summed E-state index contributed by atoms with van der Waals surface area (Å²) in [5.74, 6) is 0.0226. The van der Waals surface area contributed by atoms with Gasteiger partial charge in [-0.25, -0.2) is 0 Å². The third-order valence-corrected chi connectivity index (χ3v) is 3.84. The average Bonchev–Trinajstić information content (AvgIpc) is 2.91. The number of amides is 1. The fraction of sp³-hybridized carbons (Fsp3) is 0.294. The Morgan fingerprint density at radius 2 is 2.00 bits per heavy atom. The molecule has 2 aromatic rings. The zero-order chi connectivity index (χ0) is 14.8. The van der Waals surface area contributed by atoms with Crippen molar-refractivity contribution in [2.45, 2.75) is 18.9 Å². The van der Waals surface area contributed by atoms with E-state index in [-0.39, 0.29) is 11.9 Å². The highest BCUT2D eigenvalue weighted by atomic mass is 16.2. The van der Waals surface area contributed by atoms with Crippen LogP contribution in [0.1, 0.15) is 34.1 Å². The molecule has 1 N–H and O–H groups in total. The Morgan fingerprint density at radius 1 is 1.24 bits per heavy atom. The number of anilines is 1. The largest absolute Gasteiger partial charge is 0.377 e. The van der Waals surface area contributed by atoms with Gasteiger partial charge in [0.15, 0.2) is 0 Å². The lowest BCUT2D eigenvalue weighted by atomic mass is 10.1. The molecule has 0 saturated carbocycles. The lowest BCUT2D eigenvalue weighted by Gasteiger charge is -2.15. The van der Waals surface area contributed by atoms with Crippen LogP contribution in [0.5, 0.6) is 0 Å². The number of nitrogens with zero attached hydrogens (tertiary/aromatic N) is 2. The van der Waals surface area contributed by atoms with Gasteiger partial charge in [-0.2, -0.15) is 0 Å². The lowest BCUT2D eigenvalue weighted by molar-refractivity contribution is 0.0827. The first-order valence-electron chi connectivity index (χ1n) is 7.17. The molecule has 0 saturated heterocycles. The van der Waals surface area contributed by atoms with Crippen LogP contribution in [0.15, 0.2) is 42.6 Å². The SMILES string of the molecule is CN(C)C(=O)c1ccc(NC2CCc3cccnc32)cc1. The van der Waals surface area contributed by atoms with Crippen LogP contribution in [0.3, 0.4) is 0 Å². The number of hydrogen-bond donors (Lipinski definition) is 1. The van der Waals surface area contributed by atoms with Gasteiger partial charge in [0.05, 0.1) is 11.7 Å². The van der Waals surface area contributed by atoms with Gasteiger partial charge in [-0.15, -0.1) is 0 Å². The first-order chi connectivity index (χ1) is 10.1. The van der Waals surface area contributed by atoms with Crippen LogP contribution in [0, 0.1) is 0 Å². The molecule has 21 heavy (non-hydrogen) atoms. The first kappa shape index (κ1) is 13.6. The van der Waals surface area contributed by atoms with Crippen LogP contribution in [-0.4, -0.2) is 29.9 Å². The molecular weight excluding hydrogens is 262 g/mol. The molecule has 0 aliphatic heterocycles. The van der Waals surface area contributed by atoms with Crippen LogP contribution in [-0.2, 0) is 6.42 Å². The Balaban J connectivity index is 1.74. The van der Waals surface area contributed by atoms with Gasteiger partial charge in [0.1, 0.15) is 0 Å². The first-order valence-corrected chi connectivity index (χ1v) is 7.17. The molecule has 1 atom stereocenters. The van der Waals surface area contributed by atoms with E-state index in [2.05, 4.69) is 16.4 Å². The molecule has 1 heterocycles. The van der Waals surface area contributed by atoms with E-state index in [1.54, 1.807) is 19.0 Å². The standard InChI is InChI=1S/C17H19N3O/c1-20(2)17(21)13-5-8-14(9-6-13)19-15-10-7-12-4-3-11-18-16(12)15/h3-6,8-9,11,15,19H,7,10H2,1-2H3. The monoisotopic (exact) mass is 281 g/mol. The van der Waals surface area contributed by atoms with E-state index in [0.717, 1.165) is 24.2 Å². The molecule has 1 amide bonds. The Bertz CT molecular complexity index is 649. The average molecular weight is 281 g/mol. The number of fused-ring (bicyclic) bond motifs is 1. The maximum Gasteiger partial charge on any atom is 0.253 e.